The molecule has 1 amide bonds. The number of nitrogens with zero attached hydrogens (tertiary/aromatic N) is 1. The number of benzene rings is 2. The molecular formula is C18H20N2O3. The number of ether oxygens (including phenoxy) is 2. The van der Waals surface area contributed by atoms with E-state index in [1.807, 2.05) is 38.1 Å². The van der Waals surface area contributed by atoms with E-state index in [1.165, 1.54) is 12.7 Å². The van der Waals surface area contributed by atoms with E-state index in [9.17, 15) is 4.79 Å². The van der Waals surface area contributed by atoms with Gasteiger partial charge in [0, 0.05) is 6.07 Å². The Balaban J connectivity index is 2.15. The van der Waals surface area contributed by atoms with Gasteiger partial charge < -0.3 is 9.47 Å². The molecule has 0 saturated heterocycles. The summed E-state index contributed by atoms with van der Waals surface area (Å²) in [6.45, 7) is 3.87. The van der Waals surface area contributed by atoms with Crippen LogP contribution < -0.4 is 14.9 Å². The van der Waals surface area contributed by atoms with E-state index in [0.717, 1.165) is 11.3 Å². The fourth-order valence-electron chi connectivity index (χ4n) is 2.04. The predicted octanol–water partition coefficient (Wildman–Crippen LogP) is 3.17. The third-order valence-electron chi connectivity index (χ3n) is 3.45. The summed E-state index contributed by atoms with van der Waals surface area (Å²) in [6, 6.07) is 12.9. The fourth-order valence-corrected chi connectivity index (χ4v) is 2.04. The second-order valence-corrected chi connectivity index (χ2v) is 5.07. The van der Waals surface area contributed by atoms with Crippen molar-refractivity contribution in [2.24, 2.45) is 5.10 Å². The van der Waals surface area contributed by atoms with Crippen molar-refractivity contribution in [3.63, 3.8) is 0 Å². The number of hydrazone groups is 1. The van der Waals surface area contributed by atoms with Crippen LogP contribution in [0.2, 0.25) is 0 Å². The SMILES string of the molecule is COc1ccc(C(=O)NN=C(C)c2ccc(C)cc2)c(OC)c1. The number of methoxy groups -OCH3 is 2. The number of hydrogen-bond donors (Lipinski definition) is 1. The van der Waals surface area contributed by atoms with Crippen molar-refractivity contribution in [3.05, 3.63) is 59.2 Å². The Morgan fingerprint density at radius 3 is 2.35 bits per heavy atom. The van der Waals surface area contributed by atoms with Crippen molar-refractivity contribution in [1.29, 1.82) is 0 Å². The summed E-state index contributed by atoms with van der Waals surface area (Å²) < 4.78 is 10.3. The fraction of sp³-hybridized carbons (Fsp3) is 0.222. The van der Waals surface area contributed by atoms with Gasteiger partial charge in [-0.05, 0) is 31.5 Å². The molecule has 2 aromatic carbocycles. The molecule has 23 heavy (non-hydrogen) atoms. The van der Waals surface area contributed by atoms with E-state index in [0.29, 0.717) is 17.1 Å². The highest BCUT2D eigenvalue weighted by Gasteiger charge is 2.13. The molecule has 0 bridgehead atoms. The minimum Gasteiger partial charge on any atom is -0.497 e. The van der Waals surface area contributed by atoms with Crippen molar-refractivity contribution >= 4 is 11.6 Å². The molecule has 2 rings (SSSR count). The van der Waals surface area contributed by atoms with Gasteiger partial charge in [-0.2, -0.15) is 5.10 Å². The molecule has 0 atom stereocenters. The van der Waals surface area contributed by atoms with E-state index in [1.54, 1.807) is 25.3 Å². The number of hydrogen-bond acceptors (Lipinski definition) is 4. The van der Waals surface area contributed by atoms with Gasteiger partial charge in [-0.3, -0.25) is 4.79 Å². The highest BCUT2D eigenvalue weighted by molar-refractivity contribution is 6.01. The van der Waals surface area contributed by atoms with E-state index in [-0.39, 0.29) is 5.91 Å². The molecule has 0 aliphatic rings. The summed E-state index contributed by atoms with van der Waals surface area (Å²) in [4.78, 5) is 12.3. The van der Waals surface area contributed by atoms with Crippen molar-refractivity contribution in [1.82, 2.24) is 5.43 Å². The molecule has 0 spiro atoms. The van der Waals surface area contributed by atoms with Crippen LogP contribution in [0.4, 0.5) is 0 Å². The molecule has 0 heterocycles. The van der Waals surface area contributed by atoms with Gasteiger partial charge in [0.15, 0.2) is 0 Å². The molecule has 0 aromatic heterocycles. The summed E-state index contributed by atoms with van der Waals surface area (Å²) in [5, 5.41) is 4.15. The highest BCUT2D eigenvalue weighted by Crippen LogP contribution is 2.24. The lowest BCUT2D eigenvalue weighted by Gasteiger charge is -2.09. The standard InChI is InChI=1S/C18H20N2O3/c1-12-5-7-14(8-6-12)13(2)19-20-18(21)16-10-9-15(22-3)11-17(16)23-4/h5-11H,1-4H3,(H,20,21). The number of carbonyl (C=O) groups is 1. The van der Waals surface area contributed by atoms with Crippen LogP contribution in [-0.2, 0) is 0 Å². The van der Waals surface area contributed by atoms with Crippen molar-refractivity contribution in [2.45, 2.75) is 13.8 Å². The summed E-state index contributed by atoms with van der Waals surface area (Å²) in [5.41, 5.74) is 5.81. The highest BCUT2D eigenvalue weighted by atomic mass is 16.5. The van der Waals surface area contributed by atoms with E-state index in [4.69, 9.17) is 9.47 Å². The minimum absolute atomic E-state index is 0.337. The first kappa shape index (κ1) is 16.5. The van der Waals surface area contributed by atoms with Gasteiger partial charge in [-0.15, -0.1) is 0 Å². The average molecular weight is 312 g/mol. The molecule has 0 unspecified atom stereocenters. The molecular weight excluding hydrogens is 292 g/mol. The molecule has 120 valence electrons. The van der Waals surface area contributed by atoms with Gasteiger partial charge in [0.2, 0.25) is 0 Å². The summed E-state index contributed by atoms with van der Waals surface area (Å²) in [6.07, 6.45) is 0. The van der Waals surface area contributed by atoms with Crippen LogP contribution in [0.1, 0.15) is 28.4 Å². The van der Waals surface area contributed by atoms with Gasteiger partial charge in [0.25, 0.3) is 5.91 Å². The first-order valence-corrected chi connectivity index (χ1v) is 7.19. The lowest BCUT2D eigenvalue weighted by atomic mass is 10.1. The summed E-state index contributed by atoms with van der Waals surface area (Å²) in [7, 11) is 3.07. The molecule has 5 heteroatoms. The van der Waals surface area contributed by atoms with Crippen LogP contribution in [0.3, 0.4) is 0 Å². The Labute approximate surface area is 135 Å². The molecule has 0 saturated carbocycles. The van der Waals surface area contributed by atoms with Gasteiger partial charge >= 0.3 is 0 Å². The van der Waals surface area contributed by atoms with Crippen molar-refractivity contribution in [2.75, 3.05) is 14.2 Å². The maximum Gasteiger partial charge on any atom is 0.275 e. The van der Waals surface area contributed by atoms with Crippen LogP contribution in [0, 0.1) is 6.92 Å². The number of amides is 1. The topological polar surface area (TPSA) is 59.9 Å². The van der Waals surface area contributed by atoms with Crippen molar-refractivity contribution < 1.29 is 14.3 Å². The number of nitrogens with one attached hydrogen (secondary N) is 1. The molecule has 1 N–H and O–H groups in total. The maximum absolute atomic E-state index is 12.3. The predicted molar refractivity (Wildman–Crippen MR) is 90.4 cm³/mol. The summed E-state index contributed by atoms with van der Waals surface area (Å²) in [5.74, 6) is 0.721. The quantitative estimate of drug-likeness (QED) is 0.681. The Hall–Kier alpha value is -2.82. The molecule has 0 radical (unpaired) electrons. The largest absolute Gasteiger partial charge is 0.497 e. The van der Waals surface area contributed by atoms with Crippen LogP contribution in [0.5, 0.6) is 11.5 Å². The number of rotatable bonds is 5. The molecule has 0 aliphatic carbocycles. The lowest BCUT2D eigenvalue weighted by Crippen LogP contribution is -2.20. The molecule has 0 fully saturated rings. The Bertz CT molecular complexity index is 722. The lowest BCUT2D eigenvalue weighted by molar-refractivity contribution is 0.0951. The van der Waals surface area contributed by atoms with E-state index < -0.39 is 0 Å². The van der Waals surface area contributed by atoms with Crippen LogP contribution in [-0.4, -0.2) is 25.8 Å². The van der Waals surface area contributed by atoms with Gasteiger partial charge in [-0.25, -0.2) is 5.43 Å². The third-order valence-corrected chi connectivity index (χ3v) is 3.45. The molecule has 2 aromatic rings. The zero-order chi connectivity index (χ0) is 16.8. The molecule has 0 aliphatic heterocycles. The Morgan fingerprint density at radius 2 is 1.74 bits per heavy atom. The average Bonchev–Trinajstić information content (AvgIpc) is 2.59. The molecule has 5 nitrogen and oxygen atoms in total. The van der Waals surface area contributed by atoms with Crippen LogP contribution in [0.25, 0.3) is 0 Å². The van der Waals surface area contributed by atoms with Gasteiger partial charge in [-0.1, -0.05) is 29.8 Å². The van der Waals surface area contributed by atoms with E-state index in [2.05, 4.69) is 10.5 Å². The Kier molecular flexibility index (Phi) is 5.36. The number of carbonyl (C=O) groups excluding carboxylic acids is 1. The van der Waals surface area contributed by atoms with Crippen LogP contribution in [0.15, 0.2) is 47.6 Å². The second-order valence-electron chi connectivity index (χ2n) is 5.07. The van der Waals surface area contributed by atoms with Crippen LogP contribution >= 0.6 is 0 Å². The maximum atomic E-state index is 12.3. The third kappa shape index (κ3) is 4.10. The first-order chi connectivity index (χ1) is 11.0. The smallest absolute Gasteiger partial charge is 0.275 e. The van der Waals surface area contributed by atoms with Gasteiger partial charge in [0.05, 0.1) is 25.5 Å². The Morgan fingerprint density at radius 1 is 1.04 bits per heavy atom. The van der Waals surface area contributed by atoms with Gasteiger partial charge in [0.1, 0.15) is 11.5 Å². The monoisotopic (exact) mass is 312 g/mol. The van der Waals surface area contributed by atoms with Crippen molar-refractivity contribution in [3.8, 4) is 11.5 Å². The number of aryl methyl sites for hydroxylation is 1. The zero-order valence-electron chi connectivity index (χ0n) is 13.7. The summed E-state index contributed by atoms with van der Waals surface area (Å²) >= 11 is 0. The normalized spacial score (nSPS) is 11.0. The zero-order valence-corrected chi connectivity index (χ0v) is 13.7. The van der Waals surface area contributed by atoms with E-state index >= 15 is 0 Å². The first-order valence-electron chi connectivity index (χ1n) is 7.19. The second kappa shape index (κ2) is 7.45. The minimum atomic E-state index is -0.337.